The van der Waals surface area contributed by atoms with Gasteiger partial charge in [0.15, 0.2) is 0 Å². The van der Waals surface area contributed by atoms with Crippen molar-refractivity contribution < 1.29 is 9.90 Å². The third-order valence-corrected chi connectivity index (χ3v) is 3.52. The fraction of sp³-hybridized carbons (Fsp3) is 0.400. The monoisotopic (exact) mass is 260 g/mol. The second kappa shape index (κ2) is 5.05. The van der Waals surface area contributed by atoms with Crippen LogP contribution >= 0.6 is 0 Å². The number of carbonyl (C=O) groups is 1. The van der Waals surface area contributed by atoms with Crippen molar-refractivity contribution in [3.8, 4) is 0 Å². The number of benzene rings is 1. The summed E-state index contributed by atoms with van der Waals surface area (Å²) in [5.41, 5.74) is 10.3. The summed E-state index contributed by atoms with van der Waals surface area (Å²) in [6, 6.07) is 3.51. The van der Waals surface area contributed by atoms with Crippen molar-refractivity contribution in [2.75, 3.05) is 6.54 Å². The third kappa shape index (κ3) is 2.36. The van der Waals surface area contributed by atoms with Gasteiger partial charge in [0.1, 0.15) is 0 Å². The molecule has 0 radical (unpaired) electrons. The third-order valence-electron chi connectivity index (χ3n) is 3.52. The molecule has 0 unspecified atom stereocenters. The molecule has 4 N–H and O–H groups in total. The van der Waals surface area contributed by atoms with Crippen LogP contribution in [0.4, 0.5) is 0 Å². The maximum absolute atomic E-state index is 11.3. The summed E-state index contributed by atoms with van der Waals surface area (Å²) in [4.78, 5) is 14.6. The molecule has 0 aliphatic rings. The van der Waals surface area contributed by atoms with Gasteiger partial charge in [0, 0.05) is 16.6 Å². The zero-order valence-electron chi connectivity index (χ0n) is 11.6. The Morgan fingerprint density at radius 1 is 1.42 bits per heavy atom. The van der Waals surface area contributed by atoms with Gasteiger partial charge < -0.3 is 15.8 Å². The zero-order valence-corrected chi connectivity index (χ0v) is 11.6. The van der Waals surface area contributed by atoms with E-state index in [9.17, 15) is 9.90 Å². The van der Waals surface area contributed by atoms with Crippen molar-refractivity contribution in [2.24, 2.45) is 5.73 Å². The van der Waals surface area contributed by atoms with E-state index in [-0.39, 0.29) is 5.92 Å². The minimum atomic E-state index is -0.888. The Morgan fingerprint density at radius 2 is 2.11 bits per heavy atom. The Morgan fingerprint density at radius 3 is 2.63 bits per heavy atom. The van der Waals surface area contributed by atoms with Crippen LogP contribution in [0.15, 0.2) is 12.1 Å². The maximum atomic E-state index is 11.3. The van der Waals surface area contributed by atoms with Crippen molar-refractivity contribution in [1.82, 2.24) is 4.98 Å². The van der Waals surface area contributed by atoms with Crippen LogP contribution in [0.25, 0.3) is 10.9 Å². The minimum Gasteiger partial charge on any atom is -0.478 e. The molecule has 0 saturated carbocycles. The molecular weight excluding hydrogens is 240 g/mol. The van der Waals surface area contributed by atoms with Crippen LogP contribution in [0.2, 0.25) is 0 Å². The van der Waals surface area contributed by atoms with Gasteiger partial charge in [-0.3, -0.25) is 0 Å². The van der Waals surface area contributed by atoms with Crippen LogP contribution in [-0.2, 0) is 6.42 Å². The molecular formula is C15H20N2O2. The number of hydrogen-bond donors (Lipinski definition) is 3. The van der Waals surface area contributed by atoms with Gasteiger partial charge in [-0.15, -0.1) is 0 Å². The molecule has 0 saturated heterocycles. The van der Waals surface area contributed by atoms with Gasteiger partial charge in [0.2, 0.25) is 0 Å². The number of fused-ring (bicyclic) bond motifs is 1. The Labute approximate surface area is 112 Å². The van der Waals surface area contributed by atoms with Crippen LogP contribution in [0.5, 0.6) is 0 Å². The van der Waals surface area contributed by atoms with Crippen LogP contribution in [0, 0.1) is 6.92 Å². The van der Waals surface area contributed by atoms with Crippen molar-refractivity contribution >= 4 is 16.9 Å². The molecule has 2 rings (SSSR count). The van der Waals surface area contributed by atoms with Gasteiger partial charge in [0.05, 0.1) is 5.56 Å². The summed E-state index contributed by atoms with van der Waals surface area (Å²) in [6.07, 6.45) is 0.756. The molecule has 4 heteroatoms. The number of aromatic carboxylic acids is 1. The largest absolute Gasteiger partial charge is 0.478 e. The molecule has 1 aromatic carbocycles. The SMILES string of the molecule is Cc1[nH]c2c(C(C)C)cc(C(=O)O)cc2c1CCN. The molecule has 4 nitrogen and oxygen atoms in total. The Bertz CT molecular complexity index is 627. The van der Waals surface area contributed by atoms with E-state index in [2.05, 4.69) is 18.8 Å². The summed E-state index contributed by atoms with van der Waals surface area (Å²) in [6.45, 7) is 6.70. The van der Waals surface area contributed by atoms with Crippen molar-refractivity contribution in [3.05, 3.63) is 34.5 Å². The van der Waals surface area contributed by atoms with E-state index < -0.39 is 5.97 Å². The van der Waals surface area contributed by atoms with Crippen LogP contribution in [-0.4, -0.2) is 22.6 Å². The number of aryl methyl sites for hydroxylation is 1. The van der Waals surface area contributed by atoms with E-state index in [1.807, 2.05) is 6.92 Å². The van der Waals surface area contributed by atoms with Crippen LogP contribution in [0.1, 0.15) is 46.9 Å². The number of aromatic nitrogens is 1. The Kier molecular flexibility index (Phi) is 3.62. The number of H-pyrrole nitrogens is 1. The highest BCUT2D eigenvalue weighted by Gasteiger charge is 2.16. The van der Waals surface area contributed by atoms with E-state index in [0.717, 1.165) is 34.1 Å². The molecule has 1 heterocycles. The van der Waals surface area contributed by atoms with Crippen molar-refractivity contribution in [3.63, 3.8) is 0 Å². The molecule has 0 aliphatic heterocycles. The van der Waals surface area contributed by atoms with Gasteiger partial charge >= 0.3 is 5.97 Å². The standard InChI is InChI=1S/C15H20N2O2/c1-8(2)12-6-10(15(18)19)7-13-11(4-5-16)9(3)17-14(12)13/h6-8,17H,4-5,16H2,1-3H3,(H,18,19). The van der Waals surface area contributed by atoms with Crippen LogP contribution in [0.3, 0.4) is 0 Å². The smallest absolute Gasteiger partial charge is 0.335 e. The van der Waals surface area contributed by atoms with E-state index in [1.54, 1.807) is 12.1 Å². The van der Waals surface area contributed by atoms with Crippen LogP contribution < -0.4 is 5.73 Å². The molecule has 0 amide bonds. The molecule has 0 bridgehead atoms. The molecule has 0 spiro atoms. The topological polar surface area (TPSA) is 79.1 Å². The first-order valence-corrected chi connectivity index (χ1v) is 6.54. The van der Waals surface area contributed by atoms with Gasteiger partial charge in [-0.25, -0.2) is 4.79 Å². The fourth-order valence-electron chi connectivity index (χ4n) is 2.55. The molecule has 102 valence electrons. The maximum Gasteiger partial charge on any atom is 0.335 e. The number of nitrogens with two attached hydrogens (primary N) is 1. The molecule has 1 aromatic heterocycles. The summed E-state index contributed by atoms with van der Waals surface area (Å²) in [7, 11) is 0. The Hall–Kier alpha value is -1.81. The number of nitrogens with one attached hydrogen (secondary N) is 1. The quantitative estimate of drug-likeness (QED) is 0.790. The summed E-state index contributed by atoms with van der Waals surface area (Å²) in [5, 5.41) is 10.2. The summed E-state index contributed by atoms with van der Waals surface area (Å²) in [5.74, 6) is -0.619. The molecule has 0 atom stereocenters. The first kappa shape index (κ1) is 13.6. The Balaban J connectivity index is 2.79. The lowest BCUT2D eigenvalue weighted by Gasteiger charge is -2.09. The highest BCUT2D eigenvalue weighted by molar-refractivity contribution is 5.97. The lowest BCUT2D eigenvalue weighted by Crippen LogP contribution is -2.04. The molecule has 2 aromatic rings. The first-order valence-electron chi connectivity index (χ1n) is 6.54. The molecule has 0 aliphatic carbocycles. The van der Waals surface area contributed by atoms with E-state index in [1.165, 1.54) is 0 Å². The van der Waals surface area contributed by atoms with Gasteiger partial charge in [0.25, 0.3) is 0 Å². The zero-order chi connectivity index (χ0) is 14.2. The average molecular weight is 260 g/mol. The predicted octanol–water partition coefficient (Wildman–Crippen LogP) is 2.80. The second-order valence-electron chi connectivity index (χ2n) is 5.22. The minimum absolute atomic E-state index is 0.269. The number of hydrogen-bond acceptors (Lipinski definition) is 2. The van der Waals surface area contributed by atoms with Crippen molar-refractivity contribution in [2.45, 2.75) is 33.1 Å². The first-order chi connectivity index (χ1) is 8.95. The van der Waals surface area contributed by atoms with E-state index in [4.69, 9.17) is 5.73 Å². The van der Waals surface area contributed by atoms with Crippen molar-refractivity contribution in [1.29, 1.82) is 0 Å². The van der Waals surface area contributed by atoms with Gasteiger partial charge in [-0.1, -0.05) is 13.8 Å². The van der Waals surface area contributed by atoms with E-state index in [0.29, 0.717) is 12.1 Å². The second-order valence-corrected chi connectivity index (χ2v) is 5.22. The number of aromatic amines is 1. The normalized spacial score (nSPS) is 11.4. The van der Waals surface area contributed by atoms with Gasteiger partial charge in [-0.2, -0.15) is 0 Å². The fourth-order valence-corrected chi connectivity index (χ4v) is 2.55. The lowest BCUT2D eigenvalue weighted by molar-refractivity contribution is 0.0697. The molecule has 0 fully saturated rings. The summed E-state index contributed by atoms with van der Waals surface area (Å²) < 4.78 is 0. The highest BCUT2D eigenvalue weighted by Crippen LogP contribution is 2.31. The predicted molar refractivity (Wildman–Crippen MR) is 76.8 cm³/mol. The summed E-state index contributed by atoms with van der Waals surface area (Å²) >= 11 is 0. The number of rotatable bonds is 4. The number of carboxylic acid groups (broad SMARTS) is 1. The molecule has 19 heavy (non-hydrogen) atoms. The lowest BCUT2D eigenvalue weighted by atomic mass is 9.96. The number of carboxylic acids is 1. The average Bonchev–Trinajstić information content (AvgIpc) is 2.65. The van der Waals surface area contributed by atoms with E-state index >= 15 is 0 Å². The highest BCUT2D eigenvalue weighted by atomic mass is 16.4. The van der Waals surface area contributed by atoms with Gasteiger partial charge in [-0.05, 0) is 49.1 Å².